The second kappa shape index (κ2) is 7.59. The van der Waals surface area contributed by atoms with E-state index >= 15 is 0 Å². The largest absolute Gasteiger partial charge is 0.459 e. The number of carbonyl (C=O) groups is 2. The molecule has 1 N–H and O–H groups in total. The molecule has 0 aliphatic carbocycles. The summed E-state index contributed by atoms with van der Waals surface area (Å²) in [7, 11) is 0. The standard InChI is InChI=1S/C18H26N2O3/c1-18(2,3)23-17(22)15-10-7-11-20(15)13-16(21)19-12-14-8-5-4-6-9-14/h4-6,8-9,15H,7,10-13H2,1-3H3,(H,19,21)/t15-/m1/s1. The van der Waals surface area contributed by atoms with Crippen molar-refractivity contribution in [2.24, 2.45) is 0 Å². The zero-order valence-electron chi connectivity index (χ0n) is 14.2. The van der Waals surface area contributed by atoms with E-state index in [1.807, 2.05) is 56.0 Å². The average molecular weight is 318 g/mol. The van der Waals surface area contributed by atoms with Crippen LogP contribution in [0.2, 0.25) is 0 Å². The van der Waals surface area contributed by atoms with Crippen LogP contribution in [0, 0.1) is 0 Å². The van der Waals surface area contributed by atoms with Gasteiger partial charge in [-0.05, 0) is 45.7 Å². The maximum atomic E-state index is 12.2. The van der Waals surface area contributed by atoms with Gasteiger partial charge in [-0.3, -0.25) is 14.5 Å². The lowest BCUT2D eigenvalue weighted by atomic mass is 10.1. The van der Waals surface area contributed by atoms with Crippen molar-refractivity contribution in [1.29, 1.82) is 0 Å². The Labute approximate surface area is 138 Å². The fraction of sp³-hybridized carbons (Fsp3) is 0.556. The molecule has 5 heteroatoms. The number of rotatable bonds is 5. The lowest BCUT2D eigenvalue weighted by Crippen LogP contribution is -2.45. The molecule has 23 heavy (non-hydrogen) atoms. The summed E-state index contributed by atoms with van der Waals surface area (Å²) in [5.74, 6) is -0.296. The third-order valence-corrected chi connectivity index (χ3v) is 3.72. The molecule has 0 aromatic heterocycles. The molecular weight excluding hydrogens is 292 g/mol. The Balaban J connectivity index is 1.83. The number of hydrogen-bond acceptors (Lipinski definition) is 4. The number of benzene rings is 1. The highest BCUT2D eigenvalue weighted by Crippen LogP contribution is 2.20. The van der Waals surface area contributed by atoms with Crippen molar-refractivity contribution in [3.63, 3.8) is 0 Å². The van der Waals surface area contributed by atoms with Crippen LogP contribution in [0.5, 0.6) is 0 Å². The average Bonchev–Trinajstić information content (AvgIpc) is 2.93. The van der Waals surface area contributed by atoms with Crippen molar-refractivity contribution in [2.45, 2.75) is 51.8 Å². The highest BCUT2D eigenvalue weighted by Gasteiger charge is 2.34. The summed E-state index contributed by atoms with van der Waals surface area (Å²) < 4.78 is 5.45. The molecule has 0 radical (unpaired) electrons. The summed E-state index contributed by atoms with van der Waals surface area (Å²) in [4.78, 5) is 26.3. The van der Waals surface area contributed by atoms with Gasteiger partial charge in [0.05, 0.1) is 6.54 Å². The molecule has 1 aromatic carbocycles. The fourth-order valence-electron chi connectivity index (χ4n) is 2.69. The van der Waals surface area contributed by atoms with Crippen LogP contribution in [-0.4, -0.2) is 41.5 Å². The third kappa shape index (κ3) is 5.67. The van der Waals surface area contributed by atoms with Crippen molar-refractivity contribution in [3.05, 3.63) is 35.9 Å². The van der Waals surface area contributed by atoms with E-state index < -0.39 is 5.60 Å². The Bertz CT molecular complexity index is 537. The number of likely N-dealkylation sites (tertiary alicyclic amines) is 1. The normalized spacial score (nSPS) is 18.7. The molecule has 1 saturated heterocycles. The SMILES string of the molecule is CC(C)(C)OC(=O)[C@H]1CCCN1CC(=O)NCc1ccccc1. The minimum Gasteiger partial charge on any atom is -0.459 e. The second-order valence-electron chi connectivity index (χ2n) is 6.92. The number of carbonyl (C=O) groups excluding carboxylic acids is 2. The van der Waals surface area contributed by atoms with E-state index in [-0.39, 0.29) is 24.5 Å². The van der Waals surface area contributed by atoms with Crippen molar-refractivity contribution in [1.82, 2.24) is 10.2 Å². The number of ether oxygens (including phenoxy) is 1. The molecule has 0 bridgehead atoms. The van der Waals surface area contributed by atoms with Crippen molar-refractivity contribution >= 4 is 11.9 Å². The van der Waals surface area contributed by atoms with Gasteiger partial charge in [0.1, 0.15) is 11.6 Å². The Morgan fingerprint density at radius 3 is 2.61 bits per heavy atom. The molecule has 0 unspecified atom stereocenters. The van der Waals surface area contributed by atoms with E-state index in [0.29, 0.717) is 6.54 Å². The van der Waals surface area contributed by atoms with Crippen LogP contribution in [0.1, 0.15) is 39.2 Å². The molecule has 2 rings (SSSR count). The zero-order chi connectivity index (χ0) is 16.9. The first-order valence-electron chi connectivity index (χ1n) is 8.13. The quantitative estimate of drug-likeness (QED) is 0.845. The lowest BCUT2D eigenvalue weighted by molar-refractivity contribution is -0.160. The Morgan fingerprint density at radius 1 is 1.26 bits per heavy atom. The molecule has 5 nitrogen and oxygen atoms in total. The van der Waals surface area contributed by atoms with Gasteiger partial charge in [-0.25, -0.2) is 0 Å². The minimum absolute atomic E-state index is 0.0655. The lowest BCUT2D eigenvalue weighted by Gasteiger charge is -2.26. The number of nitrogens with zero attached hydrogens (tertiary/aromatic N) is 1. The van der Waals surface area contributed by atoms with Crippen molar-refractivity contribution < 1.29 is 14.3 Å². The summed E-state index contributed by atoms with van der Waals surface area (Å²) >= 11 is 0. The van der Waals surface area contributed by atoms with E-state index in [0.717, 1.165) is 24.9 Å². The maximum Gasteiger partial charge on any atom is 0.323 e. The van der Waals surface area contributed by atoms with Crippen LogP contribution < -0.4 is 5.32 Å². The van der Waals surface area contributed by atoms with E-state index in [1.165, 1.54) is 0 Å². The van der Waals surface area contributed by atoms with Gasteiger partial charge in [-0.15, -0.1) is 0 Å². The molecule has 1 aliphatic heterocycles. The maximum absolute atomic E-state index is 12.2. The summed E-state index contributed by atoms with van der Waals surface area (Å²) in [5, 5.41) is 2.90. The van der Waals surface area contributed by atoms with Crippen LogP contribution in [0.3, 0.4) is 0 Å². The van der Waals surface area contributed by atoms with Crippen molar-refractivity contribution in [2.75, 3.05) is 13.1 Å². The first-order chi connectivity index (χ1) is 10.8. The van der Waals surface area contributed by atoms with Crippen molar-refractivity contribution in [3.8, 4) is 0 Å². The molecule has 126 valence electrons. The van der Waals surface area contributed by atoms with Crippen LogP contribution in [0.25, 0.3) is 0 Å². The Morgan fingerprint density at radius 2 is 1.96 bits per heavy atom. The number of esters is 1. The highest BCUT2D eigenvalue weighted by atomic mass is 16.6. The monoisotopic (exact) mass is 318 g/mol. The van der Waals surface area contributed by atoms with Gasteiger partial charge < -0.3 is 10.1 Å². The summed E-state index contributed by atoms with van der Waals surface area (Å²) in [6.07, 6.45) is 1.66. The number of hydrogen-bond donors (Lipinski definition) is 1. The van der Waals surface area contributed by atoms with Gasteiger partial charge in [0, 0.05) is 6.54 Å². The van der Waals surface area contributed by atoms with Crippen LogP contribution in [0.15, 0.2) is 30.3 Å². The van der Waals surface area contributed by atoms with Gasteiger partial charge in [0.25, 0.3) is 0 Å². The molecule has 1 heterocycles. The summed E-state index contributed by atoms with van der Waals surface area (Å²) in [6.45, 7) is 7.06. The number of nitrogens with one attached hydrogen (secondary N) is 1. The van der Waals surface area contributed by atoms with E-state index in [4.69, 9.17) is 4.74 Å². The zero-order valence-corrected chi connectivity index (χ0v) is 14.2. The van der Waals surface area contributed by atoms with E-state index in [2.05, 4.69) is 5.32 Å². The molecule has 1 aliphatic rings. The Hall–Kier alpha value is -1.88. The van der Waals surface area contributed by atoms with Gasteiger partial charge in [-0.2, -0.15) is 0 Å². The minimum atomic E-state index is -0.499. The van der Waals surface area contributed by atoms with Gasteiger partial charge in [0.15, 0.2) is 0 Å². The fourth-order valence-corrected chi connectivity index (χ4v) is 2.69. The molecular formula is C18H26N2O3. The molecule has 1 amide bonds. The topological polar surface area (TPSA) is 58.6 Å². The predicted molar refractivity (Wildman–Crippen MR) is 88.7 cm³/mol. The molecule has 1 atom stereocenters. The van der Waals surface area contributed by atoms with Crippen LogP contribution in [-0.2, 0) is 20.9 Å². The number of amides is 1. The highest BCUT2D eigenvalue weighted by molar-refractivity contribution is 5.81. The van der Waals surface area contributed by atoms with Crippen LogP contribution in [0.4, 0.5) is 0 Å². The first kappa shape index (κ1) is 17.5. The summed E-state index contributed by atoms with van der Waals surface area (Å²) in [5.41, 5.74) is 0.562. The molecule has 1 aromatic rings. The second-order valence-corrected chi connectivity index (χ2v) is 6.92. The predicted octanol–water partition coefficient (Wildman–Crippen LogP) is 2.11. The third-order valence-electron chi connectivity index (χ3n) is 3.72. The van der Waals surface area contributed by atoms with Gasteiger partial charge >= 0.3 is 5.97 Å². The Kier molecular flexibility index (Phi) is 5.77. The first-order valence-corrected chi connectivity index (χ1v) is 8.13. The molecule has 1 fully saturated rings. The van der Waals surface area contributed by atoms with Crippen LogP contribution >= 0.6 is 0 Å². The van der Waals surface area contributed by atoms with Gasteiger partial charge in [0.2, 0.25) is 5.91 Å². The smallest absolute Gasteiger partial charge is 0.323 e. The molecule has 0 saturated carbocycles. The summed E-state index contributed by atoms with van der Waals surface area (Å²) in [6, 6.07) is 9.47. The molecule has 0 spiro atoms. The van der Waals surface area contributed by atoms with E-state index in [1.54, 1.807) is 0 Å². The van der Waals surface area contributed by atoms with Gasteiger partial charge in [-0.1, -0.05) is 30.3 Å². The van der Waals surface area contributed by atoms with E-state index in [9.17, 15) is 9.59 Å².